The zero-order valence-electron chi connectivity index (χ0n) is 11.9. The summed E-state index contributed by atoms with van der Waals surface area (Å²) in [6.45, 7) is -0.0772. The molecule has 2 rings (SSSR count). The lowest BCUT2D eigenvalue weighted by Gasteiger charge is -2.15. The number of aromatic nitrogens is 2. The minimum absolute atomic E-state index is 0.0772. The van der Waals surface area contributed by atoms with Gasteiger partial charge in [-0.25, -0.2) is 14.8 Å². The highest BCUT2D eigenvalue weighted by molar-refractivity contribution is 5.94. The van der Waals surface area contributed by atoms with E-state index in [-0.39, 0.29) is 12.2 Å². The van der Waals surface area contributed by atoms with Crippen LogP contribution in [0.5, 0.6) is 0 Å². The maximum Gasteiger partial charge on any atom is 0.344 e. The fourth-order valence-electron chi connectivity index (χ4n) is 1.77. The lowest BCUT2D eigenvalue weighted by molar-refractivity contribution is 0.0556. The number of hydrogen-bond acceptors (Lipinski definition) is 5. The summed E-state index contributed by atoms with van der Waals surface area (Å²) in [5.41, 5.74) is 1.17. The second-order valence-corrected chi connectivity index (χ2v) is 4.47. The molecule has 0 atom stereocenters. The van der Waals surface area contributed by atoms with Gasteiger partial charge in [-0.3, -0.25) is 0 Å². The van der Waals surface area contributed by atoms with Gasteiger partial charge < -0.3 is 9.64 Å². The van der Waals surface area contributed by atoms with Gasteiger partial charge in [-0.05, 0) is 0 Å². The van der Waals surface area contributed by atoms with Crippen molar-refractivity contribution in [2.45, 2.75) is 0 Å². The molecule has 0 N–H and O–H groups in total. The summed E-state index contributed by atoms with van der Waals surface area (Å²) >= 11 is 0. The molecule has 1 aromatic heterocycles. The number of terminal acetylenes is 1. The molecule has 1 aromatic carbocycles. The monoisotopic (exact) mass is 281 g/mol. The Morgan fingerprint density at radius 1 is 1.33 bits per heavy atom. The van der Waals surface area contributed by atoms with Gasteiger partial charge in [-0.2, -0.15) is 0 Å². The van der Waals surface area contributed by atoms with E-state index in [2.05, 4.69) is 15.9 Å². The van der Waals surface area contributed by atoms with E-state index in [1.54, 1.807) is 19.0 Å². The Kier molecular flexibility index (Phi) is 4.52. The molecular weight excluding hydrogens is 266 g/mol. The fraction of sp³-hybridized carbons (Fsp3) is 0.188. The molecule has 0 bridgehead atoms. The first-order chi connectivity index (χ1) is 10.1. The van der Waals surface area contributed by atoms with Crippen LogP contribution in [0.2, 0.25) is 0 Å². The Hall–Kier alpha value is -2.87. The Morgan fingerprint density at radius 3 is 2.67 bits per heavy atom. The van der Waals surface area contributed by atoms with E-state index in [4.69, 9.17) is 11.2 Å². The van der Waals surface area contributed by atoms with Crippen molar-refractivity contribution in [3.05, 3.63) is 42.1 Å². The van der Waals surface area contributed by atoms with Gasteiger partial charge in [-0.1, -0.05) is 36.3 Å². The van der Waals surface area contributed by atoms with E-state index >= 15 is 0 Å². The molecule has 0 saturated heterocycles. The van der Waals surface area contributed by atoms with Crippen LogP contribution in [0.3, 0.4) is 0 Å². The maximum atomic E-state index is 12.0. The van der Waals surface area contributed by atoms with Crippen LogP contribution in [0.25, 0.3) is 11.4 Å². The standard InChI is InChI=1S/C16H15N3O2/c1-4-10-21-16(20)13-11-17-14(18-15(13)19(2)3)12-8-6-5-7-9-12/h1,5-9,11H,10H2,2-3H3. The smallest absolute Gasteiger partial charge is 0.344 e. The van der Waals surface area contributed by atoms with Crippen LogP contribution >= 0.6 is 0 Å². The highest BCUT2D eigenvalue weighted by Gasteiger charge is 2.17. The first-order valence-electron chi connectivity index (χ1n) is 6.34. The summed E-state index contributed by atoms with van der Waals surface area (Å²) in [6, 6.07) is 9.55. The van der Waals surface area contributed by atoms with Crippen molar-refractivity contribution in [2.24, 2.45) is 0 Å². The van der Waals surface area contributed by atoms with Crippen molar-refractivity contribution >= 4 is 11.8 Å². The van der Waals surface area contributed by atoms with Crippen LogP contribution in [-0.2, 0) is 4.74 Å². The van der Waals surface area contributed by atoms with Gasteiger partial charge in [0.05, 0.1) is 0 Å². The molecule has 0 fully saturated rings. The number of nitrogens with zero attached hydrogens (tertiary/aromatic N) is 3. The van der Waals surface area contributed by atoms with Crippen molar-refractivity contribution in [3.8, 4) is 23.7 Å². The first-order valence-corrected chi connectivity index (χ1v) is 6.34. The minimum atomic E-state index is -0.531. The number of anilines is 1. The fourth-order valence-corrected chi connectivity index (χ4v) is 1.77. The number of esters is 1. The predicted octanol–water partition coefficient (Wildman–Crippen LogP) is 2.00. The van der Waals surface area contributed by atoms with Crippen LogP contribution in [0.15, 0.2) is 36.5 Å². The van der Waals surface area contributed by atoms with E-state index in [9.17, 15) is 4.79 Å². The SMILES string of the molecule is C#CCOC(=O)c1cnc(-c2ccccc2)nc1N(C)C. The largest absolute Gasteiger partial charge is 0.449 e. The van der Waals surface area contributed by atoms with Gasteiger partial charge in [0.2, 0.25) is 0 Å². The van der Waals surface area contributed by atoms with Gasteiger partial charge in [0.1, 0.15) is 11.4 Å². The number of carbonyl (C=O) groups is 1. The second kappa shape index (κ2) is 6.53. The first kappa shape index (κ1) is 14.5. The summed E-state index contributed by atoms with van der Waals surface area (Å²) in [5, 5.41) is 0. The lowest BCUT2D eigenvalue weighted by atomic mass is 10.2. The molecule has 2 aromatic rings. The summed E-state index contributed by atoms with van der Waals surface area (Å²) in [6.07, 6.45) is 6.55. The van der Waals surface area contributed by atoms with Gasteiger partial charge in [0.25, 0.3) is 0 Å². The molecule has 5 heteroatoms. The number of benzene rings is 1. The molecular formula is C16H15N3O2. The zero-order valence-corrected chi connectivity index (χ0v) is 11.9. The van der Waals surface area contributed by atoms with Crippen molar-refractivity contribution in [1.29, 1.82) is 0 Å². The molecule has 1 heterocycles. The van der Waals surface area contributed by atoms with Crippen molar-refractivity contribution in [2.75, 3.05) is 25.6 Å². The summed E-state index contributed by atoms with van der Waals surface area (Å²) in [7, 11) is 3.60. The topological polar surface area (TPSA) is 55.3 Å². The van der Waals surface area contributed by atoms with E-state index in [1.165, 1.54) is 6.20 Å². The third kappa shape index (κ3) is 3.37. The molecule has 0 aliphatic carbocycles. The average Bonchev–Trinajstić information content (AvgIpc) is 2.52. The molecule has 0 radical (unpaired) electrons. The third-order valence-electron chi connectivity index (χ3n) is 2.73. The average molecular weight is 281 g/mol. The Morgan fingerprint density at radius 2 is 2.05 bits per heavy atom. The van der Waals surface area contributed by atoms with Crippen LogP contribution in [-0.4, -0.2) is 36.6 Å². The molecule has 0 unspecified atom stereocenters. The number of hydrogen-bond donors (Lipinski definition) is 0. The Bertz CT molecular complexity index is 676. The van der Waals surface area contributed by atoms with Gasteiger partial charge >= 0.3 is 5.97 Å². The van der Waals surface area contributed by atoms with E-state index < -0.39 is 5.97 Å². The van der Waals surface area contributed by atoms with Crippen molar-refractivity contribution in [1.82, 2.24) is 9.97 Å². The molecule has 0 aliphatic heterocycles. The second-order valence-electron chi connectivity index (χ2n) is 4.47. The number of ether oxygens (including phenoxy) is 1. The summed E-state index contributed by atoms with van der Waals surface area (Å²) < 4.78 is 4.93. The molecule has 0 aliphatic rings. The van der Waals surface area contributed by atoms with Crippen LogP contribution in [0, 0.1) is 12.3 Å². The highest BCUT2D eigenvalue weighted by atomic mass is 16.5. The molecule has 5 nitrogen and oxygen atoms in total. The quantitative estimate of drug-likeness (QED) is 0.634. The van der Waals surface area contributed by atoms with Crippen molar-refractivity contribution in [3.63, 3.8) is 0 Å². The van der Waals surface area contributed by atoms with Crippen LogP contribution in [0.1, 0.15) is 10.4 Å². The van der Waals surface area contributed by atoms with Crippen molar-refractivity contribution < 1.29 is 9.53 Å². The number of carbonyl (C=O) groups excluding carboxylic acids is 1. The lowest BCUT2D eigenvalue weighted by Crippen LogP contribution is -2.18. The summed E-state index contributed by atoms with van der Waals surface area (Å²) in [5.74, 6) is 2.77. The normalized spacial score (nSPS) is 9.76. The predicted molar refractivity (Wildman–Crippen MR) is 80.9 cm³/mol. The molecule has 106 valence electrons. The van der Waals surface area contributed by atoms with Crippen LogP contribution < -0.4 is 4.90 Å². The highest BCUT2D eigenvalue weighted by Crippen LogP contribution is 2.21. The number of rotatable bonds is 4. The Balaban J connectivity index is 2.41. The van der Waals surface area contributed by atoms with E-state index in [0.717, 1.165) is 5.56 Å². The molecule has 21 heavy (non-hydrogen) atoms. The maximum absolute atomic E-state index is 12.0. The van der Waals surface area contributed by atoms with Gasteiger partial charge in [0.15, 0.2) is 12.4 Å². The van der Waals surface area contributed by atoms with Gasteiger partial charge in [-0.15, -0.1) is 6.42 Å². The minimum Gasteiger partial charge on any atom is -0.449 e. The molecule has 0 amide bonds. The molecule has 0 spiro atoms. The van der Waals surface area contributed by atoms with E-state index in [1.807, 2.05) is 30.3 Å². The Labute approximate surface area is 123 Å². The zero-order chi connectivity index (χ0) is 15.2. The summed E-state index contributed by atoms with van der Waals surface area (Å²) in [4.78, 5) is 22.4. The van der Waals surface area contributed by atoms with Gasteiger partial charge in [0, 0.05) is 25.9 Å². The third-order valence-corrected chi connectivity index (χ3v) is 2.73. The van der Waals surface area contributed by atoms with E-state index in [0.29, 0.717) is 11.6 Å². The molecule has 0 saturated carbocycles. The van der Waals surface area contributed by atoms with Crippen LogP contribution in [0.4, 0.5) is 5.82 Å².